The standard InChI is InChI=1S/2C2H2O4.W/c2*3-1(4)2(5)6;/h2*(H,3,4)(H,5,6);/p-4. The molecule has 0 spiro atoms. The summed E-state index contributed by atoms with van der Waals surface area (Å²) >= 11 is 0. The molecule has 0 aliphatic rings. The zero-order valence-electron chi connectivity index (χ0n) is 5.67. The molecule has 0 atom stereocenters. The van der Waals surface area contributed by atoms with Gasteiger partial charge >= 0.3 is 0 Å². The molecule has 13 heavy (non-hydrogen) atoms. The fourth-order valence-corrected chi connectivity index (χ4v) is 0. The van der Waals surface area contributed by atoms with Gasteiger partial charge in [0.1, 0.15) is 0 Å². The van der Waals surface area contributed by atoms with E-state index < -0.39 is 23.9 Å². The van der Waals surface area contributed by atoms with E-state index in [-0.39, 0.29) is 21.1 Å². The average molecular weight is 360 g/mol. The molecule has 8 nitrogen and oxygen atoms in total. The Balaban J connectivity index is -0.000000143. The second-order valence-electron chi connectivity index (χ2n) is 1.15. The Morgan fingerprint density at radius 1 is 0.538 bits per heavy atom. The molecule has 0 aromatic carbocycles. The van der Waals surface area contributed by atoms with Crippen molar-refractivity contribution >= 4 is 23.9 Å². The van der Waals surface area contributed by atoms with Gasteiger partial charge in [0.2, 0.25) is 0 Å². The van der Waals surface area contributed by atoms with Gasteiger partial charge in [0.15, 0.2) is 0 Å². The smallest absolute Gasteiger partial charge is 0.0870 e. The number of carboxylic acid groups (broad SMARTS) is 4. The maximum atomic E-state index is 8.93. The molecule has 0 N–H and O–H groups in total. The van der Waals surface area contributed by atoms with Crippen LogP contribution >= 0.6 is 0 Å². The van der Waals surface area contributed by atoms with Crippen LogP contribution in [0.4, 0.5) is 0 Å². The van der Waals surface area contributed by atoms with Gasteiger partial charge in [-0.2, -0.15) is 0 Å². The number of carbonyl (C=O) groups is 4. The molecule has 0 unspecified atom stereocenters. The SMILES string of the molecule is O=C([O-])C(=O)[O-].O=C([O-])C(=O)[O-].[W]. The Kier molecular flexibility index (Phi) is 11.7. The van der Waals surface area contributed by atoms with Crippen molar-refractivity contribution in [3.8, 4) is 0 Å². The van der Waals surface area contributed by atoms with Gasteiger partial charge < -0.3 is 39.6 Å². The zero-order valence-corrected chi connectivity index (χ0v) is 8.61. The minimum absolute atomic E-state index is 0. The van der Waals surface area contributed by atoms with E-state index in [0.717, 1.165) is 0 Å². The molecule has 0 rings (SSSR count). The fraction of sp³-hybridized carbons (Fsp3) is 0. The maximum absolute atomic E-state index is 8.93. The summed E-state index contributed by atoms with van der Waals surface area (Å²) in [5.74, 6) is -8.74. The van der Waals surface area contributed by atoms with Crippen LogP contribution in [0.15, 0.2) is 0 Å². The summed E-state index contributed by atoms with van der Waals surface area (Å²) in [6, 6.07) is 0. The molecule has 0 aliphatic heterocycles. The number of carbonyl (C=O) groups excluding carboxylic acids is 4. The second-order valence-corrected chi connectivity index (χ2v) is 1.15. The molecule has 0 radical (unpaired) electrons. The van der Waals surface area contributed by atoms with E-state index in [1.54, 1.807) is 0 Å². The third kappa shape index (κ3) is 18.0. The topological polar surface area (TPSA) is 161 Å². The Bertz CT molecular complexity index is 172. The molecular weight excluding hydrogens is 360 g/mol. The largest absolute Gasteiger partial charge is 0.543 e. The molecule has 0 fully saturated rings. The molecule has 0 aliphatic carbocycles. The minimum Gasteiger partial charge on any atom is -0.543 e. The number of rotatable bonds is 0. The van der Waals surface area contributed by atoms with Crippen LogP contribution in [0, 0.1) is 0 Å². The molecule has 0 aromatic rings. The molecule has 0 saturated carbocycles. The molecule has 0 aromatic heterocycles. The van der Waals surface area contributed by atoms with Gasteiger partial charge in [-0.15, -0.1) is 0 Å². The van der Waals surface area contributed by atoms with Gasteiger partial charge in [-0.1, -0.05) is 0 Å². The molecule has 0 bridgehead atoms. The molecule has 0 amide bonds. The second kappa shape index (κ2) is 8.66. The maximum Gasteiger partial charge on any atom is 0.0870 e. The molecule has 0 heterocycles. The van der Waals surface area contributed by atoms with E-state index in [1.165, 1.54) is 0 Å². The van der Waals surface area contributed by atoms with Crippen molar-refractivity contribution in [1.82, 2.24) is 0 Å². The van der Waals surface area contributed by atoms with E-state index in [1.807, 2.05) is 0 Å². The molecule has 0 saturated heterocycles. The zero-order chi connectivity index (χ0) is 10.3. The summed E-state index contributed by atoms with van der Waals surface area (Å²) in [4.78, 5) is 35.7. The van der Waals surface area contributed by atoms with Crippen molar-refractivity contribution in [3.05, 3.63) is 0 Å². The third-order valence-electron chi connectivity index (χ3n) is 0.333. The van der Waals surface area contributed by atoms with E-state index in [9.17, 15) is 0 Å². The predicted molar refractivity (Wildman–Crippen MR) is 20.0 cm³/mol. The van der Waals surface area contributed by atoms with Crippen LogP contribution in [-0.4, -0.2) is 23.9 Å². The first kappa shape index (κ1) is 17.6. The van der Waals surface area contributed by atoms with Gasteiger partial charge in [-0.05, 0) is 0 Å². The molecule has 9 heteroatoms. The van der Waals surface area contributed by atoms with Crippen molar-refractivity contribution in [2.75, 3.05) is 0 Å². The summed E-state index contributed by atoms with van der Waals surface area (Å²) < 4.78 is 0. The first-order chi connectivity index (χ1) is 5.29. The van der Waals surface area contributed by atoms with Crippen LogP contribution in [0.1, 0.15) is 0 Å². The Morgan fingerprint density at radius 2 is 0.615 bits per heavy atom. The van der Waals surface area contributed by atoms with Crippen molar-refractivity contribution in [2.24, 2.45) is 0 Å². The van der Waals surface area contributed by atoms with E-state index in [0.29, 0.717) is 0 Å². The first-order valence-corrected chi connectivity index (χ1v) is 2.13. The normalized spacial score (nSPS) is 6.77. The average Bonchev–Trinajstić information content (AvgIpc) is 1.88. The number of carboxylic acids is 4. The van der Waals surface area contributed by atoms with Gasteiger partial charge in [0.25, 0.3) is 0 Å². The number of aliphatic carboxylic acids is 4. The van der Waals surface area contributed by atoms with E-state index >= 15 is 0 Å². The van der Waals surface area contributed by atoms with Crippen LogP contribution in [0.5, 0.6) is 0 Å². The van der Waals surface area contributed by atoms with Gasteiger partial charge in [-0.3, -0.25) is 0 Å². The summed E-state index contributed by atoms with van der Waals surface area (Å²) in [5, 5.41) is 35.7. The summed E-state index contributed by atoms with van der Waals surface area (Å²) in [6.07, 6.45) is 0. The van der Waals surface area contributed by atoms with E-state index in [4.69, 9.17) is 39.6 Å². The van der Waals surface area contributed by atoms with Crippen LogP contribution in [0.2, 0.25) is 0 Å². The van der Waals surface area contributed by atoms with Crippen molar-refractivity contribution in [2.45, 2.75) is 0 Å². The van der Waals surface area contributed by atoms with Crippen molar-refractivity contribution < 1.29 is 60.7 Å². The van der Waals surface area contributed by atoms with Crippen LogP contribution < -0.4 is 20.4 Å². The van der Waals surface area contributed by atoms with Gasteiger partial charge in [0.05, 0.1) is 23.9 Å². The molecular formula is C4O8W-4. The Morgan fingerprint density at radius 3 is 0.615 bits per heavy atom. The van der Waals surface area contributed by atoms with Crippen LogP contribution in [0.3, 0.4) is 0 Å². The minimum atomic E-state index is -2.19. The van der Waals surface area contributed by atoms with E-state index in [2.05, 4.69) is 0 Å². The van der Waals surface area contributed by atoms with Crippen molar-refractivity contribution in [3.63, 3.8) is 0 Å². The number of hydrogen-bond donors (Lipinski definition) is 0. The summed E-state index contributed by atoms with van der Waals surface area (Å²) in [7, 11) is 0. The van der Waals surface area contributed by atoms with Crippen molar-refractivity contribution in [1.29, 1.82) is 0 Å². The number of hydrogen-bond acceptors (Lipinski definition) is 8. The summed E-state index contributed by atoms with van der Waals surface area (Å²) in [5.41, 5.74) is 0. The fourth-order valence-electron chi connectivity index (χ4n) is 0. The predicted octanol–water partition coefficient (Wildman–Crippen LogP) is -7.03. The first-order valence-electron chi connectivity index (χ1n) is 2.13. The third-order valence-corrected chi connectivity index (χ3v) is 0.333. The summed E-state index contributed by atoms with van der Waals surface area (Å²) in [6.45, 7) is 0. The quantitative estimate of drug-likeness (QED) is 0.385. The molecule has 74 valence electrons. The van der Waals surface area contributed by atoms with Gasteiger partial charge in [0, 0.05) is 21.1 Å². The Labute approximate surface area is 85.1 Å². The Hall–Kier alpha value is -1.43. The monoisotopic (exact) mass is 360 g/mol. The van der Waals surface area contributed by atoms with Crippen LogP contribution in [0.25, 0.3) is 0 Å². The van der Waals surface area contributed by atoms with Crippen LogP contribution in [-0.2, 0) is 40.2 Å². The van der Waals surface area contributed by atoms with Gasteiger partial charge in [-0.25, -0.2) is 0 Å².